The minimum Gasteiger partial charge on any atom is -0.484 e. The first-order valence-corrected chi connectivity index (χ1v) is 12.9. The first kappa shape index (κ1) is 23.6. The quantitative estimate of drug-likeness (QED) is 0.356. The van der Waals surface area contributed by atoms with Gasteiger partial charge < -0.3 is 14.5 Å². The van der Waals surface area contributed by atoms with Crippen LogP contribution in [-0.4, -0.2) is 53.6 Å². The van der Waals surface area contributed by atoms with E-state index in [9.17, 15) is 4.79 Å². The Kier molecular flexibility index (Phi) is 6.88. The third-order valence-corrected chi connectivity index (χ3v) is 7.72. The molecule has 1 saturated heterocycles. The fourth-order valence-corrected chi connectivity index (χ4v) is 5.46. The van der Waals surface area contributed by atoms with Crippen molar-refractivity contribution < 1.29 is 9.53 Å². The van der Waals surface area contributed by atoms with Crippen LogP contribution in [0.5, 0.6) is 5.75 Å². The van der Waals surface area contributed by atoms with Crippen molar-refractivity contribution in [2.45, 2.75) is 20.3 Å². The molecule has 35 heavy (non-hydrogen) atoms. The lowest BCUT2D eigenvalue weighted by Crippen LogP contribution is -2.50. The molecule has 0 aliphatic carbocycles. The number of hydrogen-bond donors (Lipinski definition) is 0. The van der Waals surface area contributed by atoms with E-state index in [1.165, 1.54) is 16.0 Å². The maximum Gasteiger partial charge on any atom is 0.260 e. The highest BCUT2D eigenvalue weighted by molar-refractivity contribution is 7.18. The second kappa shape index (κ2) is 10.2. The van der Waals surface area contributed by atoms with Crippen molar-refractivity contribution in [2.75, 3.05) is 37.7 Å². The van der Waals surface area contributed by atoms with Crippen LogP contribution in [0.1, 0.15) is 21.8 Å². The van der Waals surface area contributed by atoms with E-state index < -0.39 is 0 Å². The van der Waals surface area contributed by atoms with Crippen molar-refractivity contribution in [3.05, 3.63) is 81.4 Å². The lowest BCUT2D eigenvalue weighted by molar-refractivity contribution is -0.133. The maximum absolute atomic E-state index is 12.7. The number of carbonyl (C=O) groups is 1. The van der Waals surface area contributed by atoms with Gasteiger partial charge in [0.25, 0.3) is 5.91 Å². The second-order valence-electron chi connectivity index (χ2n) is 8.70. The molecule has 0 unspecified atom stereocenters. The number of benzene rings is 2. The van der Waals surface area contributed by atoms with E-state index in [0.29, 0.717) is 30.3 Å². The standard InChI is InChI=1S/C27H27ClN4O2S/c1-18-19(2)35-27-25(18)26(29-23(30-27)16-20-6-4-3-5-7-20)32-14-12-31(13-15-32)24(33)17-34-22-10-8-21(28)9-11-22/h3-11H,12-17H2,1-2H3. The molecule has 0 atom stereocenters. The average Bonchev–Trinajstić information content (AvgIpc) is 3.16. The predicted octanol–water partition coefficient (Wildman–Crippen LogP) is 5.28. The lowest BCUT2D eigenvalue weighted by Gasteiger charge is -2.35. The van der Waals surface area contributed by atoms with Gasteiger partial charge in [-0.15, -0.1) is 11.3 Å². The van der Waals surface area contributed by atoms with E-state index in [2.05, 4.69) is 30.9 Å². The number of nitrogens with zero attached hydrogens (tertiary/aromatic N) is 4. The summed E-state index contributed by atoms with van der Waals surface area (Å²) < 4.78 is 5.65. The molecule has 1 aliphatic heterocycles. The van der Waals surface area contributed by atoms with Crippen LogP contribution in [-0.2, 0) is 11.2 Å². The Morgan fingerprint density at radius 2 is 1.71 bits per heavy atom. The molecule has 3 heterocycles. The van der Waals surface area contributed by atoms with Gasteiger partial charge in [0, 0.05) is 42.5 Å². The summed E-state index contributed by atoms with van der Waals surface area (Å²) in [5.41, 5.74) is 2.43. The molecule has 0 radical (unpaired) electrons. The molecule has 0 spiro atoms. The van der Waals surface area contributed by atoms with Crippen molar-refractivity contribution in [1.29, 1.82) is 0 Å². The van der Waals surface area contributed by atoms with E-state index in [1.54, 1.807) is 35.6 Å². The number of ether oxygens (including phenoxy) is 1. The molecule has 2 aromatic heterocycles. The minimum absolute atomic E-state index is 0.0141. The Hall–Kier alpha value is -3.16. The van der Waals surface area contributed by atoms with E-state index in [4.69, 9.17) is 26.3 Å². The third kappa shape index (κ3) is 5.26. The molecule has 1 aliphatic rings. The van der Waals surface area contributed by atoms with Crippen molar-refractivity contribution in [3.8, 4) is 5.75 Å². The smallest absolute Gasteiger partial charge is 0.260 e. The number of thiophene rings is 1. The van der Waals surface area contributed by atoms with Crippen LogP contribution in [0.25, 0.3) is 10.2 Å². The Morgan fingerprint density at radius 3 is 2.43 bits per heavy atom. The summed E-state index contributed by atoms with van der Waals surface area (Å²) in [7, 11) is 0. The van der Waals surface area contributed by atoms with Crippen LogP contribution in [0.2, 0.25) is 5.02 Å². The zero-order chi connectivity index (χ0) is 24.4. The largest absolute Gasteiger partial charge is 0.484 e. The normalized spacial score (nSPS) is 13.9. The van der Waals surface area contributed by atoms with E-state index in [0.717, 1.165) is 34.9 Å². The van der Waals surface area contributed by atoms with Gasteiger partial charge in [-0.3, -0.25) is 4.79 Å². The third-order valence-electron chi connectivity index (χ3n) is 6.37. The second-order valence-corrected chi connectivity index (χ2v) is 10.3. The highest BCUT2D eigenvalue weighted by atomic mass is 35.5. The van der Waals surface area contributed by atoms with Crippen LogP contribution in [0.3, 0.4) is 0 Å². The average molecular weight is 507 g/mol. The SMILES string of the molecule is Cc1sc2nc(Cc3ccccc3)nc(N3CCN(C(=O)COc4ccc(Cl)cc4)CC3)c2c1C. The summed E-state index contributed by atoms with van der Waals surface area (Å²) in [5, 5.41) is 1.77. The van der Waals surface area contributed by atoms with Gasteiger partial charge in [0.2, 0.25) is 0 Å². The van der Waals surface area contributed by atoms with Gasteiger partial charge in [-0.25, -0.2) is 9.97 Å². The van der Waals surface area contributed by atoms with Gasteiger partial charge in [0.05, 0.1) is 5.39 Å². The summed E-state index contributed by atoms with van der Waals surface area (Å²) in [6.07, 6.45) is 0.695. The monoisotopic (exact) mass is 506 g/mol. The summed E-state index contributed by atoms with van der Waals surface area (Å²) in [5.74, 6) is 2.43. The van der Waals surface area contributed by atoms with Gasteiger partial charge in [-0.2, -0.15) is 0 Å². The molecule has 0 bridgehead atoms. The number of halogens is 1. The fourth-order valence-electron chi connectivity index (χ4n) is 4.29. The van der Waals surface area contributed by atoms with E-state index in [1.807, 2.05) is 23.1 Å². The lowest BCUT2D eigenvalue weighted by atomic mass is 10.1. The molecule has 180 valence electrons. The van der Waals surface area contributed by atoms with Gasteiger partial charge >= 0.3 is 0 Å². The molecule has 2 aromatic carbocycles. The van der Waals surface area contributed by atoms with Crippen LogP contribution < -0.4 is 9.64 Å². The van der Waals surface area contributed by atoms with Gasteiger partial charge in [0.15, 0.2) is 6.61 Å². The number of piperazine rings is 1. The van der Waals surface area contributed by atoms with E-state index in [-0.39, 0.29) is 12.5 Å². The van der Waals surface area contributed by atoms with Crippen molar-refractivity contribution in [2.24, 2.45) is 0 Å². The zero-order valence-electron chi connectivity index (χ0n) is 19.8. The first-order chi connectivity index (χ1) is 17.0. The number of aryl methyl sites for hydroxylation is 2. The van der Waals surface area contributed by atoms with Crippen molar-refractivity contribution >= 4 is 44.9 Å². The highest BCUT2D eigenvalue weighted by Gasteiger charge is 2.25. The topological polar surface area (TPSA) is 58.6 Å². The van der Waals surface area contributed by atoms with Crippen LogP contribution in [0.4, 0.5) is 5.82 Å². The Balaban J connectivity index is 1.30. The Bertz CT molecular complexity index is 1330. The summed E-state index contributed by atoms with van der Waals surface area (Å²) in [4.78, 5) is 29.1. The number of anilines is 1. The molecular weight excluding hydrogens is 480 g/mol. The number of amides is 1. The molecule has 0 saturated carbocycles. The summed E-state index contributed by atoms with van der Waals surface area (Å²) >= 11 is 7.64. The van der Waals surface area contributed by atoms with Crippen LogP contribution in [0.15, 0.2) is 54.6 Å². The fraction of sp³-hybridized carbons (Fsp3) is 0.296. The molecule has 6 nitrogen and oxygen atoms in total. The predicted molar refractivity (Wildman–Crippen MR) is 142 cm³/mol. The summed E-state index contributed by atoms with van der Waals surface area (Å²) in [6, 6.07) is 17.4. The molecule has 1 amide bonds. The number of fused-ring (bicyclic) bond motifs is 1. The Morgan fingerprint density at radius 1 is 1.00 bits per heavy atom. The number of carbonyl (C=O) groups excluding carboxylic acids is 1. The first-order valence-electron chi connectivity index (χ1n) is 11.7. The molecule has 5 rings (SSSR count). The van der Waals surface area contributed by atoms with Crippen LogP contribution >= 0.6 is 22.9 Å². The van der Waals surface area contributed by atoms with Gasteiger partial charge in [-0.1, -0.05) is 41.9 Å². The molecule has 4 aromatic rings. The molecule has 0 N–H and O–H groups in total. The number of hydrogen-bond acceptors (Lipinski definition) is 6. The number of rotatable bonds is 6. The molecule has 8 heteroatoms. The zero-order valence-corrected chi connectivity index (χ0v) is 21.4. The van der Waals surface area contributed by atoms with Crippen LogP contribution in [0, 0.1) is 13.8 Å². The van der Waals surface area contributed by atoms with E-state index >= 15 is 0 Å². The number of aromatic nitrogens is 2. The Labute approximate surface area is 214 Å². The minimum atomic E-state index is -0.0141. The molecule has 1 fully saturated rings. The van der Waals surface area contributed by atoms with Crippen molar-refractivity contribution in [1.82, 2.24) is 14.9 Å². The highest BCUT2D eigenvalue weighted by Crippen LogP contribution is 2.35. The van der Waals surface area contributed by atoms with Crippen molar-refractivity contribution in [3.63, 3.8) is 0 Å². The van der Waals surface area contributed by atoms with Gasteiger partial charge in [0.1, 0.15) is 22.2 Å². The summed E-state index contributed by atoms with van der Waals surface area (Å²) in [6.45, 7) is 7.00. The maximum atomic E-state index is 12.7. The van der Waals surface area contributed by atoms with Gasteiger partial charge in [-0.05, 0) is 49.2 Å². The molecular formula is C27H27ClN4O2S.